The lowest BCUT2D eigenvalue weighted by Crippen LogP contribution is -2.56. The van der Waals surface area contributed by atoms with Crippen LogP contribution in [0.4, 0.5) is 0 Å². The molecule has 6 nitrogen and oxygen atoms in total. The number of aromatic nitrogens is 2. The number of nitrogens with zero attached hydrogens (tertiary/aromatic N) is 3. The van der Waals surface area contributed by atoms with Crippen molar-refractivity contribution in [2.45, 2.75) is 63.6 Å². The van der Waals surface area contributed by atoms with Gasteiger partial charge in [-0.1, -0.05) is 12.8 Å². The van der Waals surface area contributed by atoms with Crippen molar-refractivity contribution in [3.63, 3.8) is 0 Å². The maximum atomic E-state index is 12.7. The van der Waals surface area contributed by atoms with Crippen LogP contribution >= 0.6 is 0 Å². The van der Waals surface area contributed by atoms with Crippen molar-refractivity contribution in [2.24, 2.45) is 0 Å². The molecule has 1 saturated heterocycles. The molecular weight excluding hydrogens is 304 g/mol. The minimum atomic E-state index is -0.638. The van der Waals surface area contributed by atoms with Crippen LogP contribution in [0.5, 0.6) is 0 Å². The van der Waals surface area contributed by atoms with E-state index >= 15 is 0 Å². The predicted octanol–water partition coefficient (Wildman–Crippen LogP) is 1.73. The lowest BCUT2D eigenvalue weighted by molar-refractivity contribution is -0.150. The number of amides is 1. The molecule has 2 fully saturated rings. The Morgan fingerprint density at radius 3 is 2.62 bits per heavy atom. The molecule has 2 heterocycles. The molecule has 0 radical (unpaired) electrons. The van der Waals surface area contributed by atoms with E-state index < -0.39 is 5.60 Å². The van der Waals surface area contributed by atoms with Gasteiger partial charge in [-0.3, -0.25) is 9.48 Å². The van der Waals surface area contributed by atoms with Gasteiger partial charge in [-0.05, 0) is 38.7 Å². The van der Waals surface area contributed by atoms with Gasteiger partial charge < -0.3 is 15.0 Å². The number of ether oxygens (including phenoxy) is 1. The third kappa shape index (κ3) is 3.81. The molecule has 0 aromatic carbocycles. The van der Waals surface area contributed by atoms with Gasteiger partial charge in [-0.2, -0.15) is 5.10 Å². The average Bonchev–Trinajstić information content (AvgIpc) is 3.25. The zero-order valence-electron chi connectivity index (χ0n) is 15.0. The zero-order chi connectivity index (χ0) is 17.0. The molecule has 1 aliphatic carbocycles. The molecule has 6 heteroatoms. The maximum Gasteiger partial charge on any atom is 0.252 e. The van der Waals surface area contributed by atoms with Crippen molar-refractivity contribution in [2.75, 3.05) is 26.7 Å². The van der Waals surface area contributed by atoms with Gasteiger partial charge in [-0.25, -0.2) is 0 Å². The highest BCUT2D eigenvalue weighted by molar-refractivity contribution is 5.85. The van der Waals surface area contributed by atoms with Crippen molar-refractivity contribution in [3.8, 4) is 0 Å². The fourth-order valence-corrected chi connectivity index (χ4v) is 3.92. The van der Waals surface area contributed by atoms with Crippen LogP contribution in [0, 0.1) is 6.92 Å². The fraction of sp³-hybridized carbons (Fsp3) is 0.778. The van der Waals surface area contributed by atoms with Crippen molar-refractivity contribution < 1.29 is 9.53 Å². The molecule has 0 spiro atoms. The number of methoxy groups -OCH3 is 1. The Hall–Kier alpha value is -1.40. The highest BCUT2D eigenvalue weighted by Crippen LogP contribution is 2.27. The number of nitrogens with one attached hydrogen (secondary N) is 1. The number of hydrogen-bond donors (Lipinski definition) is 1. The summed E-state index contributed by atoms with van der Waals surface area (Å²) in [6, 6.07) is 2.38. The second-order valence-corrected chi connectivity index (χ2v) is 7.19. The van der Waals surface area contributed by atoms with E-state index in [4.69, 9.17) is 4.74 Å². The van der Waals surface area contributed by atoms with E-state index in [1.54, 1.807) is 7.11 Å². The molecule has 2 aliphatic rings. The first-order valence-corrected chi connectivity index (χ1v) is 9.20. The number of carbonyl (C=O) groups excluding carboxylic acids is 1. The Morgan fingerprint density at radius 1 is 1.33 bits per heavy atom. The Bertz CT molecular complexity index is 543. The third-order valence-corrected chi connectivity index (χ3v) is 5.72. The summed E-state index contributed by atoms with van der Waals surface area (Å²) in [5.74, 6) is 0.0967. The highest BCUT2D eigenvalue weighted by atomic mass is 16.5. The Balaban J connectivity index is 1.49. The van der Waals surface area contributed by atoms with E-state index in [1.807, 2.05) is 16.9 Å². The first-order valence-electron chi connectivity index (χ1n) is 9.20. The SMILES string of the molecule is COC1(C(=O)NC2CCCC2)CCN(CCn2nccc2C)CC1. The molecule has 3 rings (SSSR count). The van der Waals surface area contributed by atoms with E-state index in [0.717, 1.165) is 51.9 Å². The Kier molecular flexibility index (Phi) is 5.56. The number of aryl methyl sites for hydroxylation is 1. The van der Waals surface area contributed by atoms with Gasteiger partial charge in [0.25, 0.3) is 5.91 Å². The summed E-state index contributed by atoms with van der Waals surface area (Å²) in [5.41, 5.74) is 0.551. The van der Waals surface area contributed by atoms with E-state index in [1.165, 1.54) is 18.5 Å². The normalized spacial score (nSPS) is 21.9. The molecule has 0 atom stereocenters. The van der Waals surface area contributed by atoms with Gasteiger partial charge in [-0.15, -0.1) is 0 Å². The maximum absolute atomic E-state index is 12.7. The van der Waals surface area contributed by atoms with E-state index in [9.17, 15) is 4.79 Å². The molecule has 1 saturated carbocycles. The molecule has 1 amide bonds. The van der Waals surface area contributed by atoms with Crippen LogP contribution in [0.1, 0.15) is 44.2 Å². The highest BCUT2D eigenvalue weighted by Gasteiger charge is 2.42. The molecule has 134 valence electrons. The number of carbonyl (C=O) groups is 1. The van der Waals surface area contributed by atoms with Gasteiger partial charge in [0.15, 0.2) is 0 Å². The Labute approximate surface area is 144 Å². The van der Waals surface area contributed by atoms with Gasteiger partial charge >= 0.3 is 0 Å². The average molecular weight is 334 g/mol. The summed E-state index contributed by atoms with van der Waals surface area (Å²) in [6.45, 7) is 5.73. The van der Waals surface area contributed by atoms with Crippen LogP contribution in [0.2, 0.25) is 0 Å². The van der Waals surface area contributed by atoms with Crippen LogP contribution in [0.25, 0.3) is 0 Å². The lowest BCUT2D eigenvalue weighted by Gasteiger charge is -2.40. The van der Waals surface area contributed by atoms with Crippen molar-refractivity contribution in [1.29, 1.82) is 0 Å². The lowest BCUT2D eigenvalue weighted by atomic mass is 9.89. The molecule has 1 aromatic heterocycles. The van der Waals surface area contributed by atoms with Crippen molar-refractivity contribution >= 4 is 5.91 Å². The largest absolute Gasteiger partial charge is 0.368 e. The summed E-state index contributed by atoms with van der Waals surface area (Å²) >= 11 is 0. The fourth-order valence-electron chi connectivity index (χ4n) is 3.92. The second-order valence-electron chi connectivity index (χ2n) is 7.19. The molecule has 1 aliphatic heterocycles. The molecule has 0 unspecified atom stereocenters. The summed E-state index contributed by atoms with van der Waals surface area (Å²) in [5, 5.41) is 7.55. The van der Waals surface area contributed by atoms with E-state index in [-0.39, 0.29) is 5.91 Å². The Morgan fingerprint density at radius 2 is 2.04 bits per heavy atom. The number of piperidine rings is 1. The second kappa shape index (κ2) is 7.66. The summed E-state index contributed by atoms with van der Waals surface area (Å²) in [7, 11) is 1.68. The quantitative estimate of drug-likeness (QED) is 0.861. The van der Waals surface area contributed by atoms with Gasteiger partial charge in [0.1, 0.15) is 5.60 Å². The number of rotatable bonds is 6. The summed E-state index contributed by atoms with van der Waals surface area (Å²) in [6.07, 6.45) is 8.05. The summed E-state index contributed by atoms with van der Waals surface area (Å²) in [4.78, 5) is 15.1. The monoisotopic (exact) mass is 334 g/mol. The van der Waals surface area contributed by atoms with Crippen LogP contribution in [-0.4, -0.2) is 59.0 Å². The van der Waals surface area contributed by atoms with Crippen molar-refractivity contribution in [1.82, 2.24) is 20.0 Å². The van der Waals surface area contributed by atoms with Crippen LogP contribution in [-0.2, 0) is 16.1 Å². The topological polar surface area (TPSA) is 59.4 Å². The van der Waals surface area contributed by atoms with Gasteiger partial charge in [0, 0.05) is 44.7 Å². The molecule has 0 bridgehead atoms. The molecule has 24 heavy (non-hydrogen) atoms. The smallest absolute Gasteiger partial charge is 0.252 e. The zero-order valence-corrected chi connectivity index (χ0v) is 15.0. The first kappa shape index (κ1) is 17.4. The van der Waals surface area contributed by atoms with Crippen LogP contribution < -0.4 is 5.32 Å². The molecule has 1 N–H and O–H groups in total. The number of hydrogen-bond acceptors (Lipinski definition) is 4. The standard InChI is InChI=1S/C18H30N4O2/c1-15-7-10-19-22(15)14-13-21-11-8-18(24-2,9-12-21)17(23)20-16-5-3-4-6-16/h7,10,16H,3-6,8-9,11-14H2,1-2H3,(H,20,23). The van der Waals surface area contributed by atoms with Crippen LogP contribution in [0.3, 0.4) is 0 Å². The van der Waals surface area contributed by atoms with Gasteiger partial charge in [0.05, 0.1) is 6.54 Å². The van der Waals surface area contributed by atoms with Gasteiger partial charge in [0.2, 0.25) is 0 Å². The molecule has 1 aromatic rings. The molecular formula is C18H30N4O2. The number of likely N-dealkylation sites (tertiary alicyclic amines) is 1. The minimum absolute atomic E-state index is 0.0967. The first-order chi connectivity index (χ1) is 11.6. The van der Waals surface area contributed by atoms with E-state index in [2.05, 4.69) is 22.2 Å². The summed E-state index contributed by atoms with van der Waals surface area (Å²) < 4.78 is 7.75. The predicted molar refractivity (Wildman–Crippen MR) is 92.8 cm³/mol. The van der Waals surface area contributed by atoms with Crippen molar-refractivity contribution in [3.05, 3.63) is 18.0 Å². The third-order valence-electron chi connectivity index (χ3n) is 5.72. The van der Waals surface area contributed by atoms with Crippen LogP contribution in [0.15, 0.2) is 12.3 Å². The van der Waals surface area contributed by atoms with E-state index in [0.29, 0.717) is 6.04 Å². The minimum Gasteiger partial charge on any atom is -0.368 e.